The quantitative estimate of drug-likeness (QED) is 0.530. The fraction of sp³-hybridized carbons (Fsp3) is 0.250. The standard InChI is InChI=1S/C16H16ClN3S/c1-11-7-12(14-5-3-4-6-15(14)19-11)10-21-16-18-9-13(8-17)20(16)2/h3-7,9H,8,10H2,1-2H3. The number of fused-ring (bicyclic) bond motifs is 1. The summed E-state index contributed by atoms with van der Waals surface area (Å²) >= 11 is 7.61. The minimum atomic E-state index is 0.487. The summed E-state index contributed by atoms with van der Waals surface area (Å²) in [7, 11) is 2.00. The summed E-state index contributed by atoms with van der Waals surface area (Å²) in [5.41, 5.74) is 4.42. The number of imidazole rings is 1. The van der Waals surface area contributed by atoms with Crippen molar-refractivity contribution in [2.24, 2.45) is 7.05 Å². The second-order valence-electron chi connectivity index (χ2n) is 4.95. The molecule has 0 amide bonds. The molecule has 0 unspecified atom stereocenters. The lowest BCUT2D eigenvalue weighted by atomic mass is 10.1. The third-order valence-corrected chi connectivity index (χ3v) is 4.83. The summed E-state index contributed by atoms with van der Waals surface area (Å²) in [6, 6.07) is 10.4. The molecule has 0 radical (unpaired) electrons. The summed E-state index contributed by atoms with van der Waals surface area (Å²) in [5, 5.41) is 2.20. The van der Waals surface area contributed by atoms with E-state index in [1.54, 1.807) is 11.8 Å². The average Bonchev–Trinajstić information content (AvgIpc) is 2.85. The predicted molar refractivity (Wildman–Crippen MR) is 88.8 cm³/mol. The molecule has 0 fully saturated rings. The fourth-order valence-corrected chi connectivity index (χ4v) is 3.55. The van der Waals surface area contributed by atoms with Crippen LogP contribution in [0.25, 0.3) is 10.9 Å². The summed E-state index contributed by atoms with van der Waals surface area (Å²) < 4.78 is 2.05. The molecule has 0 bridgehead atoms. The second kappa shape index (κ2) is 6.08. The SMILES string of the molecule is Cc1cc(CSc2ncc(CCl)n2C)c2ccccc2n1. The number of alkyl halides is 1. The molecule has 0 spiro atoms. The summed E-state index contributed by atoms with van der Waals surface area (Å²) in [5.74, 6) is 1.36. The van der Waals surface area contributed by atoms with E-state index in [0.717, 1.165) is 27.8 Å². The van der Waals surface area contributed by atoms with E-state index in [4.69, 9.17) is 11.6 Å². The monoisotopic (exact) mass is 317 g/mol. The van der Waals surface area contributed by atoms with Crippen LogP contribution in [0.4, 0.5) is 0 Å². The minimum absolute atomic E-state index is 0.487. The van der Waals surface area contributed by atoms with Crippen LogP contribution in [-0.2, 0) is 18.7 Å². The van der Waals surface area contributed by atoms with Crippen molar-refractivity contribution in [1.29, 1.82) is 0 Å². The molecular weight excluding hydrogens is 302 g/mol. The van der Waals surface area contributed by atoms with Gasteiger partial charge in [-0.2, -0.15) is 0 Å². The topological polar surface area (TPSA) is 30.7 Å². The molecular formula is C16H16ClN3S. The van der Waals surface area contributed by atoms with Crippen LogP contribution in [0.3, 0.4) is 0 Å². The third kappa shape index (κ3) is 2.92. The maximum absolute atomic E-state index is 5.88. The van der Waals surface area contributed by atoms with E-state index in [1.165, 1.54) is 10.9 Å². The van der Waals surface area contributed by atoms with Gasteiger partial charge in [-0.1, -0.05) is 30.0 Å². The van der Waals surface area contributed by atoms with Crippen LogP contribution >= 0.6 is 23.4 Å². The van der Waals surface area contributed by atoms with Gasteiger partial charge in [-0.05, 0) is 24.6 Å². The van der Waals surface area contributed by atoms with Gasteiger partial charge in [0.2, 0.25) is 0 Å². The zero-order valence-electron chi connectivity index (χ0n) is 12.0. The van der Waals surface area contributed by atoms with E-state index < -0.39 is 0 Å². The highest BCUT2D eigenvalue weighted by Crippen LogP contribution is 2.27. The van der Waals surface area contributed by atoms with Crippen molar-refractivity contribution in [3.05, 3.63) is 53.5 Å². The molecule has 21 heavy (non-hydrogen) atoms. The van der Waals surface area contributed by atoms with Gasteiger partial charge in [-0.25, -0.2) is 4.98 Å². The van der Waals surface area contributed by atoms with E-state index >= 15 is 0 Å². The molecule has 3 nitrogen and oxygen atoms in total. The number of hydrogen-bond donors (Lipinski definition) is 0. The number of hydrogen-bond acceptors (Lipinski definition) is 3. The number of benzene rings is 1. The summed E-state index contributed by atoms with van der Waals surface area (Å²) in [6.07, 6.45) is 1.84. The maximum Gasteiger partial charge on any atom is 0.168 e. The Morgan fingerprint density at radius 3 is 2.86 bits per heavy atom. The zero-order chi connectivity index (χ0) is 14.8. The number of aromatic nitrogens is 3. The molecule has 0 saturated heterocycles. The van der Waals surface area contributed by atoms with Gasteiger partial charge < -0.3 is 4.57 Å². The average molecular weight is 318 g/mol. The minimum Gasteiger partial charge on any atom is -0.325 e. The lowest BCUT2D eigenvalue weighted by Gasteiger charge is -2.08. The molecule has 0 N–H and O–H groups in total. The number of para-hydroxylation sites is 1. The van der Waals surface area contributed by atoms with Gasteiger partial charge in [0, 0.05) is 23.9 Å². The number of aryl methyl sites for hydroxylation is 1. The molecule has 3 aromatic rings. The number of pyridine rings is 1. The van der Waals surface area contributed by atoms with Gasteiger partial charge in [-0.15, -0.1) is 11.6 Å². The molecule has 5 heteroatoms. The molecule has 1 aromatic carbocycles. The van der Waals surface area contributed by atoms with Gasteiger partial charge in [0.05, 0.1) is 23.3 Å². The molecule has 0 aliphatic heterocycles. The van der Waals surface area contributed by atoms with Crippen molar-refractivity contribution in [2.45, 2.75) is 23.7 Å². The first-order chi connectivity index (χ1) is 10.2. The first-order valence-electron chi connectivity index (χ1n) is 6.73. The Morgan fingerprint density at radius 1 is 1.29 bits per heavy atom. The molecule has 0 aliphatic carbocycles. The Kier molecular flexibility index (Phi) is 4.17. The molecule has 2 aromatic heterocycles. The van der Waals surface area contributed by atoms with Gasteiger partial charge >= 0.3 is 0 Å². The summed E-state index contributed by atoms with van der Waals surface area (Å²) in [6.45, 7) is 2.03. The van der Waals surface area contributed by atoms with Crippen LogP contribution in [0.1, 0.15) is 17.0 Å². The van der Waals surface area contributed by atoms with E-state index in [2.05, 4.69) is 34.2 Å². The van der Waals surface area contributed by atoms with Crippen LogP contribution in [0.5, 0.6) is 0 Å². The van der Waals surface area contributed by atoms with Gasteiger partial charge in [0.1, 0.15) is 0 Å². The smallest absolute Gasteiger partial charge is 0.168 e. The zero-order valence-corrected chi connectivity index (χ0v) is 13.6. The molecule has 2 heterocycles. The van der Waals surface area contributed by atoms with E-state index in [-0.39, 0.29) is 0 Å². The van der Waals surface area contributed by atoms with Crippen molar-refractivity contribution in [2.75, 3.05) is 0 Å². The first kappa shape index (κ1) is 14.4. The molecule has 108 valence electrons. The second-order valence-corrected chi connectivity index (χ2v) is 6.16. The van der Waals surface area contributed by atoms with Gasteiger partial charge in [0.25, 0.3) is 0 Å². The normalized spacial score (nSPS) is 11.2. The highest BCUT2D eigenvalue weighted by molar-refractivity contribution is 7.98. The largest absolute Gasteiger partial charge is 0.325 e. The van der Waals surface area contributed by atoms with E-state index in [0.29, 0.717) is 5.88 Å². The van der Waals surface area contributed by atoms with Gasteiger partial charge in [-0.3, -0.25) is 4.98 Å². The van der Waals surface area contributed by atoms with Crippen LogP contribution in [0.15, 0.2) is 41.7 Å². The third-order valence-electron chi connectivity index (χ3n) is 3.47. The van der Waals surface area contributed by atoms with Crippen LogP contribution < -0.4 is 0 Å². The lowest BCUT2D eigenvalue weighted by molar-refractivity contribution is 0.761. The van der Waals surface area contributed by atoms with Crippen LogP contribution in [0, 0.1) is 6.92 Å². The Hall–Kier alpha value is -1.52. The maximum atomic E-state index is 5.88. The fourth-order valence-electron chi connectivity index (χ4n) is 2.34. The molecule has 0 saturated carbocycles. The van der Waals surface area contributed by atoms with Crippen LogP contribution in [-0.4, -0.2) is 14.5 Å². The number of halogens is 1. The van der Waals surface area contributed by atoms with E-state index in [1.807, 2.05) is 30.8 Å². The van der Waals surface area contributed by atoms with Crippen molar-refractivity contribution in [3.63, 3.8) is 0 Å². The summed E-state index contributed by atoms with van der Waals surface area (Å²) in [4.78, 5) is 9.01. The Balaban J connectivity index is 1.89. The molecule has 3 rings (SSSR count). The number of nitrogens with zero attached hydrogens (tertiary/aromatic N) is 3. The Morgan fingerprint density at radius 2 is 2.10 bits per heavy atom. The highest BCUT2D eigenvalue weighted by atomic mass is 35.5. The Labute approximate surface area is 133 Å². The molecule has 0 aliphatic rings. The van der Waals surface area contributed by atoms with Crippen molar-refractivity contribution < 1.29 is 0 Å². The van der Waals surface area contributed by atoms with Crippen LogP contribution in [0.2, 0.25) is 0 Å². The van der Waals surface area contributed by atoms with Crippen molar-refractivity contribution in [1.82, 2.24) is 14.5 Å². The van der Waals surface area contributed by atoms with Crippen molar-refractivity contribution in [3.8, 4) is 0 Å². The highest BCUT2D eigenvalue weighted by Gasteiger charge is 2.09. The Bertz CT molecular complexity index is 782. The van der Waals surface area contributed by atoms with E-state index in [9.17, 15) is 0 Å². The van der Waals surface area contributed by atoms with Gasteiger partial charge in [0.15, 0.2) is 5.16 Å². The lowest BCUT2D eigenvalue weighted by Crippen LogP contribution is -1.96. The van der Waals surface area contributed by atoms with Crippen molar-refractivity contribution >= 4 is 34.3 Å². The molecule has 0 atom stereocenters. The predicted octanol–water partition coefficient (Wildman–Crippen LogP) is 4.31. The number of rotatable bonds is 4. The first-order valence-corrected chi connectivity index (χ1v) is 8.25. The number of thioether (sulfide) groups is 1.